The first kappa shape index (κ1) is 21.1. The van der Waals surface area contributed by atoms with E-state index in [-0.39, 0.29) is 23.7 Å². The van der Waals surface area contributed by atoms with Crippen molar-refractivity contribution < 1.29 is 0 Å². The molecule has 2 aromatic heterocycles. The molecule has 7 nitrogen and oxygen atoms in total. The van der Waals surface area contributed by atoms with Gasteiger partial charge in [-0.15, -0.1) is 5.10 Å². The molecule has 0 radical (unpaired) electrons. The van der Waals surface area contributed by atoms with Crippen LogP contribution in [0.3, 0.4) is 0 Å². The number of hydrogen-bond donors (Lipinski definition) is 1. The van der Waals surface area contributed by atoms with Crippen LogP contribution < -0.4 is 10.5 Å². The lowest BCUT2D eigenvalue weighted by molar-refractivity contribution is 0.423. The van der Waals surface area contributed by atoms with Crippen LogP contribution in [0.4, 0.5) is 5.69 Å². The van der Waals surface area contributed by atoms with Crippen molar-refractivity contribution in [1.29, 1.82) is 0 Å². The summed E-state index contributed by atoms with van der Waals surface area (Å²) in [5.74, 6) is 0.754. The normalized spacial score (nSPS) is 19.1. The van der Waals surface area contributed by atoms with Crippen molar-refractivity contribution >= 4 is 16.6 Å². The summed E-state index contributed by atoms with van der Waals surface area (Å²) in [6, 6.07) is 14.9. The van der Waals surface area contributed by atoms with Gasteiger partial charge in [-0.05, 0) is 96.8 Å². The van der Waals surface area contributed by atoms with E-state index in [9.17, 15) is 4.79 Å². The van der Waals surface area contributed by atoms with Gasteiger partial charge in [0.05, 0.1) is 6.04 Å². The number of nitrogens with zero attached hydrogens (tertiary/aromatic N) is 5. The Hall–Kier alpha value is -3.48. The molecule has 4 aromatic rings. The zero-order valence-electron chi connectivity index (χ0n) is 20.0. The molecule has 0 bridgehead atoms. The van der Waals surface area contributed by atoms with Gasteiger partial charge in [0, 0.05) is 22.8 Å². The van der Waals surface area contributed by atoms with Gasteiger partial charge in [-0.3, -0.25) is 4.79 Å². The summed E-state index contributed by atoms with van der Waals surface area (Å²) in [5, 5.41) is 14.1. The highest BCUT2D eigenvalue weighted by atomic mass is 16.1. The Kier molecular flexibility index (Phi) is 5.01. The fourth-order valence-corrected chi connectivity index (χ4v) is 5.88. The summed E-state index contributed by atoms with van der Waals surface area (Å²) in [7, 11) is 0. The molecule has 2 aliphatic rings. The Morgan fingerprint density at radius 1 is 1.06 bits per heavy atom. The Labute approximate surface area is 198 Å². The predicted molar refractivity (Wildman–Crippen MR) is 133 cm³/mol. The van der Waals surface area contributed by atoms with Gasteiger partial charge in [0.2, 0.25) is 0 Å². The van der Waals surface area contributed by atoms with Gasteiger partial charge < -0.3 is 9.88 Å². The first-order chi connectivity index (χ1) is 16.5. The molecule has 1 fully saturated rings. The zero-order chi connectivity index (χ0) is 23.4. The number of hydrogen-bond acceptors (Lipinski definition) is 5. The van der Waals surface area contributed by atoms with Crippen LogP contribution in [0, 0.1) is 13.8 Å². The lowest BCUT2D eigenvalue weighted by Crippen LogP contribution is -2.39. The number of para-hydroxylation sites is 1. The lowest BCUT2D eigenvalue weighted by Gasteiger charge is -2.34. The summed E-state index contributed by atoms with van der Waals surface area (Å²) in [6.45, 7) is 6.40. The predicted octanol–water partition coefficient (Wildman–Crippen LogP) is 4.79. The molecule has 1 saturated carbocycles. The lowest BCUT2D eigenvalue weighted by atomic mass is 10.00. The summed E-state index contributed by atoms with van der Waals surface area (Å²) >= 11 is 0. The Balaban J connectivity index is 1.59. The highest BCUT2D eigenvalue weighted by Gasteiger charge is 2.39. The molecule has 0 saturated heterocycles. The van der Waals surface area contributed by atoms with E-state index in [1.807, 2.05) is 10.7 Å². The zero-order valence-corrected chi connectivity index (χ0v) is 20.0. The van der Waals surface area contributed by atoms with Crippen LogP contribution in [0.2, 0.25) is 0 Å². The summed E-state index contributed by atoms with van der Waals surface area (Å²) in [5.41, 5.74) is 6.29. The SMILES string of the molecule is Cc1cc2cc([C@H](c3nnnn3C3CCCC3)N3c4ccccc4C[C@@H]3C)c(=O)[nH]c2cc1C. The van der Waals surface area contributed by atoms with Crippen LogP contribution in [0.5, 0.6) is 0 Å². The van der Waals surface area contributed by atoms with Crippen LogP contribution in [0.15, 0.2) is 47.3 Å². The standard InChI is InChI=1S/C27H30N6O/c1-16-12-20-15-22(27(34)28-23(20)13-17(16)2)25(26-29-30-31-33(26)21-9-5-6-10-21)32-18(3)14-19-8-4-7-11-24(19)32/h4,7-8,11-13,15,18,21,25H,5-6,9-10,14H2,1-3H3,(H,28,34)/t18-,25+/m0/s1. The molecular formula is C27H30N6O. The number of aromatic nitrogens is 5. The molecule has 1 N–H and O–H groups in total. The van der Waals surface area contributed by atoms with E-state index in [2.05, 4.69) is 82.6 Å². The Morgan fingerprint density at radius 2 is 1.82 bits per heavy atom. The van der Waals surface area contributed by atoms with E-state index in [4.69, 9.17) is 0 Å². The molecule has 2 aromatic carbocycles. The fourth-order valence-electron chi connectivity index (χ4n) is 5.88. The van der Waals surface area contributed by atoms with Crippen molar-refractivity contribution in [3.63, 3.8) is 0 Å². The van der Waals surface area contributed by atoms with Gasteiger partial charge in [-0.1, -0.05) is 31.0 Å². The van der Waals surface area contributed by atoms with E-state index >= 15 is 0 Å². The number of tetrazole rings is 1. The number of rotatable bonds is 4. The molecule has 0 unspecified atom stereocenters. The average molecular weight is 455 g/mol. The van der Waals surface area contributed by atoms with E-state index in [1.165, 1.54) is 29.5 Å². The highest BCUT2D eigenvalue weighted by molar-refractivity contribution is 5.81. The highest BCUT2D eigenvalue weighted by Crippen LogP contribution is 2.42. The fraction of sp³-hybridized carbons (Fsp3) is 0.407. The number of aryl methyl sites for hydroxylation is 2. The van der Waals surface area contributed by atoms with Gasteiger partial charge >= 0.3 is 0 Å². The van der Waals surface area contributed by atoms with E-state index in [0.717, 1.165) is 41.7 Å². The van der Waals surface area contributed by atoms with Crippen LogP contribution in [0.1, 0.15) is 72.8 Å². The number of fused-ring (bicyclic) bond motifs is 2. The summed E-state index contributed by atoms with van der Waals surface area (Å²) in [6.07, 6.45) is 5.45. The molecule has 7 heteroatoms. The third kappa shape index (κ3) is 3.33. The number of H-pyrrole nitrogens is 1. The van der Waals surface area contributed by atoms with Crippen molar-refractivity contribution in [2.24, 2.45) is 0 Å². The molecule has 0 spiro atoms. The van der Waals surface area contributed by atoms with Crippen molar-refractivity contribution in [1.82, 2.24) is 25.2 Å². The maximum Gasteiger partial charge on any atom is 0.254 e. The Morgan fingerprint density at radius 3 is 2.65 bits per heavy atom. The molecule has 6 rings (SSSR count). The second kappa shape index (κ2) is 8.08. The number of pyridine rings is 1. The van der Waals surface area contributed by atoms with Gasteiger partial charge in [0.25, 0.3) is 5.56 Å². The monoisotopic (exact) mass is 454 g/mol. The summed E-state index contributed by atoms with van der Waals surface area (Å²) < 4.78 is 2.00. The maximum atomic E-state index is 13.6. The molecular weight excluding hydrogens is 424 g/mol. The van der Waals surface area contributed by atoms with Crippen molar-refractivity contribution in [3.8, 4) is 0 Å². The minimum atomic E-state index is -0.371. The van der Waals surface area contributed by atoms with Crippen LogP contribution in [0.25, 0.3) is 10.9 Å². The molecule has 1 aliphatic carbocycles. The molecule has 0 amide bonds. The molecule has 3 heterocycles. The van der Waals surface area contributed by atoms with Crippen molar-refractivity contribution in [3.05, 3.63) is 80.9 Å². The third-order valence-electron chi connectivity index (χ3n) is 7.75. The topological polar surface area (TPSA) is 79.7 Å². The van der Waals surface area contributed by atoms with Crippen molar-refractivity contribution in [2.75, 3.05) is 4.90 Å². The summed E-state index contributed by atoms with van der Waals surface area (Å²) in [4.78, 5) is 19.1. The Bertz CT molecular complexity index is 1430. The van der Waals surface area contributed by atoms with E-state index in [0.29, 0.717) is 5.56 Å². The van der Waals surface area contributed by atoms with Gasteiger partial charge in [0.1, 0.15) is 6.04 Å². The van der Waals surface area contributed by atoms with E-state index < -0.39 is 0 Å². The first-order valence-electron chi connectivity index (χ1n) is 12.3. The minimum Gasteiger partial charge on any atom is -0.354 e. The number of anilines is 1. The van der Waals surface area contributed by atoms with Gasteiger partial charge in [-0.25, -0.2) is 4.68 Å². The van der Waals surface area contributed by atoms with Gasteiger partial charge in [-0.2, -0.15) is 0 Å². The number of aromatic amines is 1. The van der Waals surface area contributed by atoms with Crippen molar-refractivity contribution in [2.45, 2.75) is 71.0 Å². The van der Waals surface area contributed by atoms with Gasteiger partial charge in [0.15, 0.2) is 5.82 Å². The average Bonchev–Trinajstić information content (AvgIpc) is 3.56. The largest absolute Gasteiger partial charge is 0.354 e. The quantitative estimate of drug-likeness (QED) is 0.480. The maximum absolute atomic E-state index is 13.6. The molecule has 34 heavy (non-hydrogen) atoms. The minimum absolute atomic E-state index is 0.0849. The smallest absolute Gasteiger partial charge is 0.254 e. The van der Waals surface area contributed by atoms with Crippen LogP contribution in [-0.2, 0) is 6.42 Å². The number of benzene rings is 2. The number of nitrogens with one attached hydrogen (secondary N) is 1. The second-order valence-corrected chi connectivity index (χ2v) is 9.99. The first-order valence-corrected chi connectivity index (χ1v) is 12.3. The third-order valence-corrected chi connectivity index (χ3v) is 7.75. The van der Waals surface area contributed by atoms with Crippen LogP contribution >= 0.6 is 0 Å². The molecule has 1 aliphatic heterocycles. The van der Waals surface area contributed by atoms with Crippen LogP contribution in [-0.4, -0.2) is 31.2 Å². The van der Waals surface area contributed by atoms with E-state index in [1.54, 1.807) is 0 Å². The second-order valence-electron chi connectivity index (χ2n) is 9.99. The molecule has 174 valence electrons. The molecule has 2 atom stereocenters.